The molecule has 1 aromatic carbocycles. The zero-order chi connectivity index (χ0) is 23.6. The van der Waals surface area contributed by atoms with Crippen molar-refractivity contribution < 1.29 is 32.6 Å². The minimum absolute atomic E-state index is 0.0243. The lowest BCUT2D eigenvalue weighted by Gasteiger charge is -2.26. The number of anilines is 1. The molecule has 2 amide bonds. The molecule has 32 heavy (non-hydrogen) atoms. The van der Waals surface area contributed by atoms with Gasteiger partial charge in [-0.15, -0.1) is 0 Å². The highest BCUT2D eigenvalue weighted by Gasteiger charge is 2.51. The summed E-state index contributed by atoms with van der Waals surface area (Å²) in [4.78, 5) is 28.4. The molecule has 1 aromatic heterocycles. The fourth-order valence-corrected chi connectivity index (χ4v) is 3.96. The Bertz CT molecular complexity index is 1020. The normalized spacial score (nSPS) is 22.7. The number of carbonyl (C=O) groups excluding carboxylic acids is 2. The summed E-state index contributed by atoms with van der Waals surface area (Å²) in [5.41, 5.74) is 5.74. The van der Waals surface area contributed by atoms with Gasteiger partial charge in [0.25, 0.3) is 11.8 Å². The molecule has 3 rings (SSSR count). The summed E-state index contributed by atoms with van der Waals surface area (Å²) in [6.07, 6.45) is -0.924. The fraction of sp³-hybridized carbons (Fsp3) is 0.409. The van der Waals surface area contributed by atoms with Crippen molar-refractivity contribution in [3.8, 4) is 5.75 Å². The first-order valence-electron chi connectivity index (χ1n) is 9.96. The molecular weight excluding hydrogens is 424 g/mol. The lowest BCUT2D eigenvalue weighted by Crippen LogP contribution is -2.35. The van der Waals surface area contributed by atoms with E-state index in [9.17, 15) is 18.4 Å². The molecule has 2 heterocycles. The van der Waals surface area contributed by atoms with Gasteiger partial charge in [0.15, 0.2) is 11.6 Å². The van der Waals surface area contributed by atoms with E-state index in [1.54, 1.807) is 0 Å². The molecule has 0 saturated carbocycles. The van der Waals surface area contributed by atoms with Crippen molar-refractivity contribution in [3.05, 3.63) is 53.4 Å². The van der Waals surface area contributed by atoms with Gasteiger partial charge >= 0.3 is 0 Å². The number of nitrogens with zero attached hydrogens (tertiary/aromatic N) is 1. The second-order valence-corrected chi connectivity index (χ2v) is 7.76. The van der Waals surface area contributed by atoms with Gasteiger partial charge in [-0.05, 0) is 24.1 Å². The Labute approximate surface area is 184 Å². The molecule has 172 valence electrons. The highest BCUT2D eigenvalue weighted by molar-refractivity contribution is 5.97. The molecule has 1 aliphatic heterocycles. The van der Waals surface area contributed by atoms with Crippen molar-refractivity contribution in [2.75, 3.05) is 19.5 Å². The summed E-state index contributed by atoms with van der Waals surface area (Å²) in [5, 5.41) is 2.67. The maximum absolute atomic E-state index is 14.5. The van der Waals surface area contributed by atoms with E-state index in [1.807, 2.05) is 13.8 Å². The van der Waals surface area contributed by atoms with Crippen molar-refractivity contribution in [1.82, 2.24) is 4.98 Å². The topological polar surface area (TPSA) is 113 Å². The number of carbonyl (C=O) groups is 2. The third kappa shape index (κ3) is 4.42. The van der Waals surface area contributed by atoms with E-state index in [4.69, 9.17) is 19.9 Å². The number of aromatic nitrogens is 1. The van der Waals surface area contributed by atoms with Crippen molar-refractivity contribution in [2.45, 2.75) is 38.1 Å². The molecule has 0 unspecified atom stereocenters. The molecule has 1 fully saturated rings. The molecule has 8 nitrogen and oxygen atoms in total. The van der Waals surface area contributed by atoms with E-state index >= 15 is 0 Å². The SMILES string of the molecule is COc1c([C@@H]2[C@H](OC)[C@H](C(C)C)O[C@H]2C(=O)Nc2ccnc(C(N)=O)c2)ccc(F)c1F. The number of nitrogens with two attached hydrogens (primary N) is 1. The van der Waals surface area contributed by atoms with Gasteiger partial charge in [-0.25, -0.2) is 4.39 Å². The van der Waals surface area contributed by atoms with Crippen LogP contribution in [-0.2, 0) is 14.3 Å². The van der Waals surface area contributed by atoms with Gasteiger partial charge in [0, 0.05) is 24.6 Å². The first-order valence-corrected chi connectivity index (χ1v) is 9.96. The molecule has 1 aliphatic rings. The van der Waals surface area contributed by atoms with Gasteiger partial charge < -0.3 is 25.3 Å². The fourth-order valence-electron chi connectivity index (χ4n) is 3.96. The number of ether oxygens (including phenoxy) is 3. The average Bonchev–Trinajstić information content (AvgIpc) is 3.15. The second kappa shape index (κ2) is 9.58. The van der Waals surface area contributed by atoms with Crippen LogP contribution in [0, 0.1) is 17.6 Å². The number of nitrogens with one attached hydrogen (secondary N) is 1. The first-order chi connectivity index (χ1) is 15.2. The maximum atomic E-state index is 14.5. The van der Waals surface area contributed by atoms with Crippen LogP contribution < -0.4 is 15.8 Å². The lowest BCUT2D eigenvalue weighted by atomic mass is 9.85. The summed E-state index contributed by atoms with van der Waals surface area (Å²) < 4.78 is 45.1. The van der Waals surface area contributed by atoms with Crippen LogP contribution in [0.25, 0.3) is 0 Å². The van der Waals surface area contributed by atoms with Crippen molar-refractivity contribution in [1.29, 1.82) is 0 Å². The van der Waals surface area contributed by atoms with Crippen molar-refractivity contribution in [2.24, 2.45) is 11.7 Å². The summed E-state index contributed by atoms with van der Waals surface area (Å²) >= 11 is 0. The van der Waals surface area contributed by atoms with Crippen LogP contribution in [-0.4, -0.2) is 49.3 Å². The Kier molecular flexibility index (Phi) is 7.05. The van der Waals surface area contributed by atoms with E-state index in [-0.39, 0.29) is 28.6 Å². The first kappa shape index (κ1) is 23.6. The summed E-state index contributed by atoms with van der Waals surface area (Å²) in [7, 11) is 2.68. The molecule has 0 aliphatic carbocycles. The number of hydrogen-bond acceptors (Lipinski definition) is 6. The van der Waals surface area contributed by atoms with E-state index in [2.05, 4.69) is 10.3 Å². The van der Waals surface area contributed by atoms with Crippen LogP contribution in [0.1, 0.15) is 35.8 Å². The minimum Gasteiger partial charge on any atom is -0.493 e. The van der Waals surface area contributed by atoms with Crippen molar-refractivity contribution in [3.63, 3.8) is 0 Å². The predicted octanol–water partition coefficient (Wildman–Crippen LogP) is 2.63. The predicted molar refractivity (Wildman–Crippen MR) is 111 cm³/mol. The standard InChI is InChI=1S/C22H25F2N3O5/c1-10(2)17-19(31-4)15(12-5-6-13(23)16(24)18(12)30-3)20(32-17)22(29)27-11-7-8-26-14(9-11)21(25)28/h5-10,15,17,19-20H,1-4H3,(H2,25,28)(H,26,27,29)/t15-,17+,19+,20-/m1/s1. The monoisotopic (exact) mass is 449 g/mol. The van der Waals surface area contributed by atoms with E-state index in [0.29, 0.717) is 0 Å². The van der Waals surface area contributed by atoms with E-state index in [0.717, 1.165) is 6.07 Å². The van der Waals surface area contributed by atoms with Crippen LogP contribution in [0.2, 0.25) is 0 Å². The third-order valence-electron chi connectivity index (χ3n) is 5.42. The van der Waals surface area contributed by atoms with Crippen LogP contribution in [0.15, 0.2) is 30.5 Å². The Morgan fingerprint density at radius 3 is 2.53 bits per heavy atom. The van der Waals surface area contributed by atoms with Gasteiger partial charge in [-0.1, -0.05) is 19.9 Å². The Hall–Kier alpha value is -3.11. The molecule has 2 aromatic rings. The average molecular weight is 449 g/mol. The lowest BCUT2D eigenvalue weighted by molar-refractivity contribution is -0.128. The number of benzene rings is 1. The molecule has 0 bridgehead atoms. The highest BCUT2D eigenvalue weighted by Crippen LogP contribution is 2.44. The van der Waals surface area contributed by atoms with Gasteiger partial charge in [-0.3, -0.25) is 14.6 Å². The number of methoxy groups -OCH3 is 2. The zero-order valence-electron chi connectivity index (χ0n) is 18.1. The number of primary amides is 1. The van der Waals surface area contributed by atoms with Crippen LogP contribution in [0.3, 0.4) is 0 Å². The number of pyridine rings is 1. The molecular formula is C22H25F2N3O5. The van der Waals surface area contributed by atoms with Gasteiger partial charge in [0.05, 0.1) is 25.2 Å². The third-order valence-corrected chi connectivity index (χ3v) is 5.42. The molecule has 3 N–H and O–H groups in total. The maximum Gasteiger partial charge on any atom is 0.267 e. The van der Waals surface area contributed by atoms with Gasteiger partial charge in [0.2, 0.25) is 5.82 Å². The Balaban J connectivity index is 2.02. The van der Waals surface area contributed by atoms with Crippen LogP contribution in [0.5, 0.6) is 5.75 Å². The highest BCUT2D eigenvalue weighted by atomic mass is 19.2. The quantitative estimate of drug-likeness (QED) is 0.672. The minimum atomic E-state index is -1.16. The van der Waals surface area contributed by atoms with Crippen molar-refractivity contribution >= 4 is 17.5 Å². The van der Waals surface area contributed by atoms with Crippen LogP contribution in [0.4, 0.5) is 14.5 Å². The van der Waals surface area contributed by atoms with Gasteiger partial charge in [-0.2, -0.15) is 4.39 Å². The second-order valence-electron chi connectivity index (χ2n) is 7.76. The number of rotatable bonds is 7. The number of hydrogen-bond donors (Lipinski definition) is 2. The van der Waals surface area contributed by atoms with E-state index < -0.39 is 47.7 Å². The molecule has 10 heteroatoms. The van der Waals surface area contributed by atoms with Crippen LogP contribution >= 0.6 is 0 Å². The zero-order valence-corrected chi connectivity index (χ0v) is 18.1. The number of amides is 2. The largest absolute Gasteiger partial charge is 0.493 e. The molecule has 4 atom stereocenters. The molecule has 0 spiro atoms. The van der Waals surface area contributed by atoms with Gasteiger partial charge in [0.1, 0.15) is 11.8 Å². The van der Waals surface area contributed by atoms with E-state index in [1.165, 1.54) is 38.6 Å². The summed E-state index contributed by atoms with van der Waals surface area (Å²) in [5.74, 6) is -4.70. The summed E-state index contributed by atoms with van der Waals surface area (Å²) in [6.45, 7) is 3.80. The smallest absolute Gasteiger partial charge is 0.267 e. The molecule has 1 saturated heterocycles. The summed E-state index contributed by atoms with van der Waals surface area (Å²) in [6, 6.07) is 5.15. The Morgan fingerprint density at radius 2 is 1.94 bits per heavy atom. The number of halogens is 2. The molecule has 0 radical (unpaired) electrons. The Morgan fingerprint density at radius 1 is 1.22 bits per heavy atom.